The third-order valence-electron chi connectivity index (χ3n) is 5.08. The van der Waals surface area contributed by atoms with E-state index in [4.69, 9.17) is 16.1 Å². The molecule has 0 bridgehead atoms. The number of alkyl halides is 3. The molecule has 164 valence electrons. The number of hydrogen-bond donors (Lipinski definition) is 1. The molecular weight excluding hydrogens is 453 g/mol. The van der Waals surface area contributed by atoms with Crippen molar-refractivity contribution in [3.05, 3.63) is 52.2 Å². The van der Waals surface area contributed by atoms with Crippen molar-refractivity contribution >= 4 is 34.5 Å². The van der Waals surface area contributed by atoms with Crippen LogP contribution >= 0.6 is 22.9 Å². The topological polar surface area (TPSA) is 71.3 Å². The third-order valence-corrected chi connectivity index (χ3v) is 6.27. The average molecular weight is 471 g/mol. The van der Waals surface area contributed by atoms with Crippen LogP contribution in [0.2, 0.25) is 5.02 Å². The van der Waals surface area contributed by atoms with Crippen molar-refractivity contribution in [1.29, 1.82) is 0 Å². The van der Waals surface area contributed by atoms with E-state index in [1.807, 2.05) is 17.5 Å². The molecule has 6 nitrogen and oxygen atoms in total. The van der Waals surface area contributed by atoms with Crippen molar-refractivity contribution in [3.8, 4) is 10.7 Å². The maximum atomic E-state index is 12.9. The number of anilines is 1. The molecule has 0 unspecified atom stereocenters. The molecule has 1 fully saturated rings. The van der Waals surface area contributed by atoms with Crippen LogP contribution in [0.25, 0.3) is 10.7 Å². The molecule has 0 spiro atoms. The number of nitrogens with one attached hydrogen (secondary N) is 1. The molecule has 2 aromatic heterocycles. The zero-order valence-electron chi connectivity index (χ0n) is 16.2. The first-order chi connectivity index (χ1) is 14.8. The molecular formula is C20H18ClF3N4O2S. The van der Waals surface area contributed by atoms with Crippen LogP contribution in [0.5, 0.6) is 0 Å². The van der Waals surface area contributed by atoms with Gasteiger partial charge in [-0.3, -0.25) is 9.69 Å². The van der Waals surface area contributed by atoms with Gasteiger partial charge in [-0.05, 0) is 55.6 Å². The summed E-state index contributed by atoms with van der Waals surface area (Å²) in [5, 5.41) is 8.54. The summed E-state index contributed by atoms with van der Waals surface area (Å²) in [6.07, 6.45) is -3.38. The summed E-state index contributed by atoms with van der Waals surface area (Å²) >= 11 is 7.50. The van der Waals surface area contributed by atoms with Gasteiger partial charge in [0.1, 0.15) is 0 Å². The Morgan fingerprint density at radius 1 is 1.29 bits per heavy atom. The van der Waals surface area contributed by atoms with Gasteiger partial charge in [0.25, 0.3) is 0 Å². The quantitative estimate of drug-likeness (QED) is 0.546. The van der Waals surface area contributed by atoms with E-state index in [-0.39, 0.29) is 22.5 Å². The fourth-order valence-corrected chi connectivity index (χ4v) is 4.22. The number of rotatable bonds is 5. The number of halogens is 4. The number of carbonyl (C=O) groups is 1. The number of hydrogen-bond acceptors (Lipinski definition) is 6. The minimum Gasteiger partial charge on any atom is -0.338 e. The number of piperidine rings is 1. The molecule has 1 saturated heterocycles. The Bertz CT molecular complexity index is 1050. The van der Waals surface area contributed by atoms with Gasteiger partial charge in [-0.25, -0.2) is 0 Å². The van der Waals surface area contributed by atoms with E-state index in [0.29, 0.717) is 44.2 Å². The van der Waals surface area contributed by atoms with Gasteiger partial charge in [0.2, 0.25) is 17.6 Å². The van der Waals surface area contributed by atoms with Crippen molar-refractivity contribution in [2.45, 2.75) is 25.6 Å². The van der Waals surface area contributed by atoms with Crippen molar-refractivity contribution in [1.82, 2.24) is 15.0 Å². The minimum atomic E-state index is -4.51. The second kappa shape index (κ2) is 8.97. The normalized spacial score (nSPS) is 15.9. The van der Waals surface area contributed by atoms with E-state index in [2.05, 4.69) is 20.4 Å². The fraction of sp³-hybridized carbons (Fsp3) is 0.350. The van der Waals surface area contributed by atoms with Gasteiger partial charge in [-0.1, -0.05) is 22.8 Å². The Labute approximate surface area is 185 Å². The average Bonchev–Trinajstić information content (AvgIpc) is 3.41. The largest absolute Gasteiger partial charge is 0.416 e. The lowest BCUT2D eigenvalue weighted by atomic mass is 9.95. The Hall–Kier alpha value is -2.43. The molecule has 0 aliphatic carbocycles. The molecule has 0 radical (unpaired) electrons. The van der Waals surface area contributed by atoms with Gasteiger partial charge in [-0.15, -0.1) is 11.3 Å². The van der Waals surface area contributed by atoms with Crippen LogP contribution in [-0.2, 0) is 17.5 Å². The highest BCUT2D eigenvalue weighted by molar-refractivity contribution is 7.13. The predicted octanol–water partition coefficient (Wildman–Crippen LogP) is 5.32. The standard InChI is InChI=1S/C20H18ClF3N4O2S/c21-14-4-3-13(20(22,23)24)10-15(14)25-19(29)12-5-7-28(8-6-12)11-17-26-18(27-30-17)16-2-1-9-31-16/h1-4,9-10,12H,5-8,11H2,(H,25,29). The summed E-state index contributed by atoms with van der Waals surface area (Å²) in [5.74, 6) is 0.407. The maximum absolute atomic E-state index is 12.9. The summed E-state index contributed by atoms with van der Waals surface area (Å²) in [6.45, 7) is 1.74. The SMILES string of the molecule is O=C(Nc1cc(C(F)(F)F)ccc1Cl)C1CCN(Cc2nc(-c3cccs3)no2)CC1. The zero-order valence-corrected chi connectivity index (χ0v) is 17.7. The Kier molecular flexibility index (Phi) is 6.31. The number of likely N-dealkylation sites (tertiary alicyclic amines) is 1. The summed E-state index contributed by atoms with van der Waals surface area (Å²) in [5.41, 5.74) is -0.889. The number of thiophene rings is 1. The van der Waals surface area contributed by atoms with Crippen molar-refractivity contribution in [3.63, 3.8) is 0 Å². The van der Waals surface area contributed by atoms with Crippen molar-refractivity contribution < 1.29 is 22.5 Å². The Morgan fingerprint density at radius 2 is 2.06 bits per heavy atom. The molecule has 3 aromatic rings. The lowest BCUT2D eigenvalue weighted by molar-refractivity contribution is -0.137. The van der Waals surface area contributed by atoms with Crippen LogP contribution in [0.4, 0.5) is 18.9 Å². The highest BCUT2D eigenvalue weighted by Crippen LogP contribution is 2.34. The smallest absolute Gasteiger partial charge is 0.338 e. The highest BCUT2D eigenvalue weighted by atomic mass is 35.5. The predicted molar refractivity (Wildman–Crippen MR) is 111 cm³/mol. The van der Waals surface area contributed by atoms with Gasteiger partial charge >= 0.3 is 6.18 Å². The number of benzene rings is 1. The fourth-order valence-electron chi connectivity index (χ4n) is 3.40. The molecule has 4 rings (SSSR count). The van der Waals surface area contributed by atoms with Crippen molar-refractivity contribution in [2.75, 3.05) is 18.4 Å². The van der Waals surface area contributed by atoms with E-state index in [9.17, 15) is 18.0 Å². The summed E-state index contributed by atoms with van der Waals surface area (Å²) < 4.78 is 44.1. The molecule has 31 heavy (non-hydrogen) atoms. The second-order valence-electron chi connectivity index (χ2n) is 7.22. The van der Waals surface area contributed by atoms with Crippen LogP contribution in [0, 0.1) is 5.92 Å². The van der Waals surface area contributed by atoms with Crippen molar-refractivity contribution in [2.24, 2.45) is 5.92 Å². The number of carbonyl (C=O) groups excluding carboxylic acids is 1. The van der Waals surface area contributed by atoms with Gasteiger partial charge in [0.05, 0.1) is 27.7 Å². The molecule has 0 saturated carbocycles. The van der Waals surface area contributed by atoms with Gasteiger partial charge in [0.15, 0.2) is 0 Å². The first kappa shape index (κ1) is 21.8. The van der Waals surface area contributed by atoms with Gasteiger partial charge < -0.3 is 9.84 Å². The second-order valence-corrected chi connectivity index (χ2v) is 8.58. The first-order valence-electron chi connectivity index (χ1n) is 9.56. The molecule has 11 heteroatoms. The van der Waals surface area contributed by atoms with E-state index < -0.39 is 11.7 Å². The van der Waals surface area contributed by atoms with Gasteiger partial charge in [0, 0.05) is 5.92 Å². The number of aromatic nitrogens is 2. The number of amides is 1. The highest BCUT2D eigenvalue weighted by Gasteiger charge is 2.32. The molecule has 1 N–H and O–H groups in total. The van der Waals surface area contributed by atoms with E-state index in [1.54, 1.807) is 0 Å². The van der Waals surface area contributed by atoms with Gasteiger partial charge in [-0.2, -0.15) is 18.2 Å². The zero-order chi connectivity index (χ0) is 22.0. The third kappa shape index (κ3) is 5.25. The Morgan fingerprint density at radius 3 is 2.74 bits per heavy atom. The van der Waals surface area contributed by atoms with Crippen LogP contribution in [0.1, 0.15) is 24.3 Å². The van der Waals surface area contributed by atoms with Crippen LogP contribution < -0.4 is 5.32 Å². The lowest BCUT2D eigenvalue weighted by Gasteiger charge is -2.30. The molecule has 1 aromatic carbocycles. The monoisotopic (exact) mass is 470 g/mol. The minimum absolute atomic E-state index is 0.0316. The molecule has 1 amide bonds. The summed E-state index contributed by atoms with van der Waals surface area (Å²) in [6, 6.07) is 6.71. The summed E-state index contributed by atoms with van der Waals surface area (Å²) in [7, 11) is 0. The van der Waals surface area contributed by atoms with E-state index in [0.717, 1.165) is 23.1 Å². The van der Waals surface area contributed by atoms with Crippen LogP contribution in [0.3, 0.4) is 0 Å². The Balaban J connectivity index is 1.31. The molecule has 1 aliphatic rings. The van der Waals surface area contributed by atoms with Crippen LogP contribution in [-0.4, -0.2) is 34.0 Å². The summed E-state index contributed by atoms with van der Waals surface area (Å²) in [4.78, 5) is 20.0. The molecule has 0 atom stereocenters. The number of nitrogens with zero attached hydrogens (tertiary/aromatic N) is 3. The first-order valence-corrected chi connectivity index (χ1v) is 10.8. The molecule has 1 aliphatic heterocycles. The lowest BCUT2D eigenvalue weighted by Crippen LogP contribution is -2.37. The molecule has 3 heterocycles. The van der Waals surface area contributed by atoms with E-state index >= 15 is 0 Å². The van der Waals surface area contributed by atoms with Crippen LogP contribution in [0.15, 0.2) is 40.2 Å². The van der Waals surface area contributed by atoms with E-state index in [1.165, 1.54) is 11.3 Å². The maximum Gasteiger partial charge on any atom is 0.416 e.